The molecule has 0 bridgehead atoms. The zero-order valence-electron chi connectivity index (χ0n) is 11.8. The van der Waals surface area contributed by atoms with Gasteiger partial charge in [-0.25, -0.2) is 4.79 Å². The first kappa shape index (κ1) is 14.2. The fourth-order valence-electron chi connectivity index (χ4n) is 1.88. The molecular formula is C14H20N4O2. The first-order valence-corrected chi connectivity index (χ1v) is 6.73. The summed E-state index contributed by atoms with van der Waals surface area (Å²) in [6.45, 7) is 5.17. The summed E-state index contributed by atoms with van der Waals surface area (Å²) in [7, 11) is 0. The SMILES string of the molecule is Cc1ccc(C(C)NC(=O)NCCCn2cccn2)o1. The number of carbonyl (C=O) groups is 1. The van der Waals surface area contributed by atoms with E-state index in [0.29, 0.717) is 6.54 Å². The first-order valence-electron chi connectivity index (χ1n) is 6.73. The van der Waals surface area contributed by atoms with E-state index in [1.807, 2.05) is 42.9 Å². The van der Waals surface area contributed by atoms with Crippen LogP contribution in [0.4, 0.5) is 4.79 Å². The van der Waals surface area contributed by atoms with E-state index < -0.39 is 0 Å². The van der Waals surface area contributed by atoms with Crippen LogP contribution in [0.25, 0.3) is 0 Å². The molecule has 2 heterocycles. The van der Waals surface area contributed by atoms with E-state index in [1.165, 1.54) is 0 Å². The molecule has 6 heteroatoms. The van der Waals surface area contributed by atoms with Crippen molar-refractivity contribution in [1.29, 1.82) is 0 Å². The van der Waals surface area contributed by atoms with E-state index in [-0.39, 0.29) is 12.1 Å². The molecule has 6 nitrogen and oxygen atoms in total. The Morgan fingerprint density at radius 1 is 1.50 bits per heavy atom. The zero-order valence-corrected chi connectivity index (χ0v) is 11.8. The van der Waals surface area contributed by atoms with Crippen LogP contribution in [0.1, 0.15) is 30.9 Å². The number of hydrogen-bond donors (Lipinski definition) is 2. The lowest BCUT2D eigenvalue weighted by atomic mass is 10.2. The number of urea groups is 1. The van der Waals surface area contributed by atoms with Crippen molar-refractivity contribution in [2.24, 2.45) is 0 Å². The van der Waals surface area contributed by atoms with Crippen LogP contribution in [-0.4, -0.2) is 22.4 Å². The molecule has 0 radical (unpaired) electrons. The van der Waals surface area contributed by atoms with E-state index in [0.717, 1.165) is 24.5 Å². The highest BCUT2D eigenvalue weighted by Crippen LogP contribution is 2.15. The van der Waals surface area contributed by atoms with Crippen LogP contribution in [0.5, 0.6) is 0 Å². The summed E-state index contributed by atoms with van der Waals surface area (Å²) in [6, 6.07) is 5.31. The predicted octanol–water partition coefficient (Wildman–Crippen LogP) is 2.24. The van der Waals surface area contributed by atoms with Crippen molar-refractivity contribution < 1.29 is 9.21 Å². The molecule has 0 aliphatic rings. The molecule has 0 aliphatic carbocycles. The van der Waals surface area contributed by atoms with Crippen molar-refractivity contribution in [2.75, 3.05) is 6.54 Å². The van der Waals surface area contributed by atoms with Gasteiger partial charge in [-0.1, -0.05) is 0 Å². The van der Waals surface area contributed by atoms with Crippen LogP contribution in [0, 0.1) is 6.92 Å². The van der Waals surface area contributed by atoms with Gasteiger partial charge in [0.2, 0.25) is 0 Å². The average Bonchev–Trinajstić information content (AvgIpc) is 3.06. The number of amides is 2. The molecule has 0 fully saturated rings. The maximum absolute atomic E-state index is 11.7. The number of aryl methyl sites for hydroxylation is 2. The van der Waals surface area contributed by atoms with Gasteiger partial charge in [-0.2, -0.15) is 5.10 Å². The van der Waals surface area contributed by atoms with E-state index >= 15 is 0 Å². The lowest BCUT2D eigenvalue weighted by Gasteiger charge is -2.12. The van der Waals surface area contributed by atoms with Gasteiger partial charge >= 0.3 is 6.03 Å². The second kappa shape index (κ2) is 6.79. The molecule has 0 aliphatic heterocycles. The van der Waals surface area contributed by atoms with Crippen LogP contribution in [0.2, 0.25) is 0 Å². The van der Waals surface area contributed by atoms with Gasteiger partial charge in [0.15, 0.2) is 0 Å². The zero-order chi connectivity index (χ0) is 14.4. The molecule has 2 amide bonds. The Kier molecular flexibility index (Phi) is 4.81. The monoisotopic (exact) mass is 276 g/mol. The maximum Gasteiger partial charge on any atom is 0.315 e. The third-order valence-electron chi connectivity index (χ3n) is 2.94. The number of furan rings is 1. The molecule has 2 N–H and O–H groups in total. The van der Waals surface area contributed by atoms with Crippen molar-refractivity contribution >= 4 is 6.03 Å². The third-order valence-corrected chi connectivity index (χ3v) is 2.94. The number of nitrogens with one attached hydrogen (secondary N) is 2. The standard InChI is InChI=1S/C14H20N4O2/c1-11-5-6-13(20-11)12(2)17-14(19)15-7-3-9-18-10-4-8-16-18/h4-6,8,10,12H,3,7,9H2,1-2H3,(H2,15,17,19). The molecular weight excluding hydrogens is 256 g/mol. The highest BCUT2D eigenvalue weighted by Gasteiger charge is 2.11. The van der Waals surface area contributed by atoms with E-state index in [2.05, 4.69) is 15.7 Å². The van der Waals surface area contributed by atoms with Crippen LogP contribution in [0.15, 0.2) is 35.0 Å². The molecule has 1 unspecified atom stereocenters. The molecule has 1 atom stereocenters. The lowest BCUT2D eigenvalue weighted by molar-refractivity contribution is 0.235. The normalized spacial score (nSPS) is 12.1. The van der Waals surface area contributed by atoms with Crippen molar-refractivity contribution in [1.82, 2.24) is 20.4 Å². The van der Waals surface area contributed by atoms with E-state index in [4.69, 9.17) is 4.42 Å². The molecule has 0 aromatic carbocycles. The Balaban J connectivity index is 1.65. The summed E-state index contributed by atoms with van der Waals surface area (Å²) < 4.78 is 7.31. The van der Waals surface area contributed by atoms with Gasteiger partial charge in [0.25, 0.3) is 0 Å². The van der Waals surface area contributed by atoms with Gasteiger partial charge in [0.05, 0.1) is 6.04 Å². The third kappa shape index (κ3) is 4.15. The topological polar surface area (TPSA) is 72.1 Å². The molecule has 2 aromatic rings. The summed E-state index contributed by atoms with van der Waals surface area (Å²) in [4.78, 5) is 11.7. The fraction of sp³-hybridized carbons (Fsp3) is 0.429. The lowest BCUT2D eigenvalue weighted by Crippen LogP contribution is -2.37. The van der Waals surface area contributed by atoms with Gasteiger partial charge in [0, 0.05) is 25.5 Å². The summed E-state index contributed by atoms with van der Waals surface area (Å²) >= 11 is 0. The second-order valence-corrected chi connectivity index (χ2v) is 4.69. The molecule has 0 spiro atoms. The number of hydrogen-bond acceptors (Lipinski definition) is 3. The average molecular weight is 276 g/mol. The molecule has 108 valence electrons. The number of nitrogens with zero attached hydrogens (tertiary/aromatic N) is 2. The minimum atomic E-state index is -0.188. The molecule has 0 saturated heterocycles. The predicted molar refractivity (Wildman–Crippen MR) is 75.2 cm³/mol. The van der Waals surface area contributed by atoms with Crippen molar-refractivity contribution in [3.05, 3.63) is 42.1 Å². The van der Waals surface area contributed by atoms with Crippen molar-refractivity contribution in [2.45, 2.75) is 32.9 Å². The minimum absolute atomic E-state index is 0.144. The van der Waals surface area contributed by atoms with Crippen molar-refractivity contribution in [3.63, 3.8) is 0 Å². The molecule has 0 saturated carbocycles. The van der Waals surface area contributed by atoms with Gasteiger partial charge < -0.3 is 15.1 Å². The molecule has 20 heavy (non-hydrogen) atoms. The first-order chi connectivity index (χ1) is 9.65. The maximum atomic E-state index is 11.7. The minimum Gasteiger partial charge on any atom is -0.464 e. The number of carbonyl (C=O) groups excluding carboxylic acids is 1. The highest BCUT2D eigenvalue weighted by atomic mass is 16.3. The largest absolute Gasteiger partial charge is 0.464 e. The van der Waals surface area contributed by atoms with Crippen molar-refractivity contribution in [3.8, 4) is 0 Å². The highest BCUT2D eigenvalue weighted by molar-refractivity contribution is 5.74. The summed E-state index contributed by atoms with van der Waals surface area (Å²) in [5, 5.41) is 9.76. The van der Waals surface area contributed by atoms with Gasteiger partial charge in [-0.15, -0.1) is 0 Å². The van der Waals surface area contributed by atoms with Gasteiger partial charge in [-0.05, 0) is 38.5 Å². The Labute approximate surface area is 118 Å². The van der Waals surface area contributed by atoms with Crippen LogP contribution in [0.3, 0.4) is 0 Å². The summed E-state index contributed by atoms with van der Waals surface area (Å²) in [5.74, 6) is 1.60. The second-order valence-electron chi connectivity index (χ2n) is 4.69. The molecule has 2 rings (SSSR count). The smallest absolute Gasteiger partial charge is 0.315 e. The summed E-state index contributed by atoms with van der Waals surface area (Å²) in [6.07, 6.45) is 4.48. The number of rotatable bonds is 6. The van der Waals surface area contributed by atoms with Gasteiger partial charge in [0.1, 0.15) is 11.5 Å². The van der Waals surface area contributed by atoms with E-state index in [9.17, 15) is 4.79 Å². The Morgan fingerprint density at radius 3 is 3.00 bits per heavy atom. The Hall–Kier alpha value is -2.24. The van der Waals surface area contributed by atoms with Crippen LogP contribution in [-0.2, 0) is 6.54 Å². The van der Waals surface area contributed by atoms with Gasteiger partial charge in [-0.3, -0.25) is 4.68 Å². The molecule has 2 aromatic heterocycles. The van der Waals surface area contributed by atoms with E-state index in [1.54, 1.807) is 6.20 Å². The van der Waals surface area contributed by atoms with Crippen LogP contribution >= 0.6 is 0 Å². The Morgan fingerprint density at radius 2 is 2.35 bits per heavy atom. The quantitative estimate of drug-likeness (QED) is 0.795. The van der Waals surface area contributed by atoms with Crippen LogP contribution < -0.4 is 10.6 Å². The summed E-state index contributed by atoms with van der Waals surface area (Å²) in [5.41, 5.74) is 0. The number of aromatic nitrogens is 2. The Bertz CT molecular complexity index is 533. The fourth-order valence-corrected chi connectivity index (χ4v) is 1.88.